The van der Waals surface area contributed by atoms with Crippen LogP contribution in [-0.4, -0.2) is 38.7 Å². The molecule has 0 unspecified atom stereocenters. The minimum Gasteiger partial charge on any atom is -0.496 e. The summed E-state index contributed by atoms with van der Waals surface area (Å²) in [5, 5.41) is 11.9. The molecule has 31 heavy (non-hydrogen) atoms. The average Bonchev–Trinajstić information content (AvgIpc) is 3.12. The zero-order valence-electron chi connectivity index (χ0n) is 16.4. The molecule has 0 heterocycles. The summed E-state index contributed by atoms with van der Waals surface area (Å²) in [7, 11) is -2.71. The number of hydrogen-bond donors (Lipinski definition) is 3. The van der Waals surface area contributed by atoms with Crippen molar-refractivity contribution in [3.8, 4) is 5.75 Å². The third kappa shape index (κ3) is 5.35. The van der Waals surface area contributed by atoms with Crippen molar-refractivity contribution in [1.29, 1.82) is 0 Å². The van der Waals surface area contributed by atoms with Crippen LogP contribution in [0.4, 0.5) is 18.9 Å². The number of amides is 1. The molecule has 2 aromatic carbocycles. The Kier molecular flexibility index (Phi) is 6.87. The van der Waals surface area contributed by atoms with Crippen LogP contribution in [0.2, 0.25) is 0 Å². The molecule has 2 atom stereocenters. The Balaban J connectivity index is 1.86. The number of anilines is 1. The molecule has 0 aromatic heterocycles. The number of alkyl halides is 2. The molecule has 0 bridgehead atoms. The first-order valence-electron chi connectivity index (χ1n) is 9.38. The normalized spacial score (nSPS) is 18.9. The Morgan fingerprint density at radius 3 is 2.55 bits per heavy atom. The molecule has 0 saturated heterocycles. The molecular formula is C20H21F3N2O5S. The highest BCUT2D eigenvalue weighted by atomic mass is 32.2. The van der Waals surface area contributed by atoms with Gasteiger partial charge in [0.15, 0.2) is 0 Å². The maximum atomic E-state index is 13.5. The van der Waals surface area contributed by atoms with Crippen molar-refractivity contribution < 1.29 is 36.2 Å². The lowest BCUT2D eigenvalue weighted by atomic mass is 10.1. The molecule has 2 aromatic rings. The van der Waals surface area contributed by atoms with Gasteiger partial charge in [-0.2, -0.15) is 0 Å². The second kappa shape index (κ2) is 9.25. The van der Waals surface area contributed by atoms with E-state index in [9.17, 15) is 31.5 Å². The lowest BCUT2D eigenvalue weighted by molar-refractivity contribution is 0.102. The summed E-state index contributed by atoms with van der Waals surface area (Å²) >= 11 is 0. The first kappa shape index (κ1) is 23.0. The topological polar surface area (TPSA) is 105 Å². The maximum absolute atomic E-state index is 13.5. The monoisotopic (exact) mass is 458 g/mol. The molecule has 3 rings (SSSR count). The van der Waals surface area contributed by atoms with Crippen molar-refractivity contribution in [2.45, 2.75) is 42.7 Å². The molecule has 1 fully saturated rings. The van der Waals surface area contributed by atoms with Crippen LogP contribution < -0.4 is 14.8 Å². The van der Waals surface area contributed by atoms with Gasteiger partial charge in [0.2, 0.25) is 10.0 Å². The van der Waals surface area contributed by atoms with E-state index < -0.39 is 45.9 Å². The van der Waals surface area contributed by atoms with E-state index >= 15 is 0 Å². The zero-order chi connectivity index (χ0) is 22.8. The third-order valence-electron chi connectivity index (χ3n) is 4.94. The van der Waals surface area contributed by atoms with Crippen LogP contribution in [0.15, 0.2) is 41.3 Å². The van der Waals surface area contributed by atoms with Crippen LogP contribution in [0.5, 0.6) is 5.75 Å². The van der Waals surface area contributed by atoms with Gasteiger partial charge < -0.3 is 15.2 Å². The number of rotatable bonds is 7. The number of methoxy groups -OCH3 is 1. The second-order valence-corrected chi connectivity index (χ2v) is 8.85. The molecule has 0 aliphatic heterocycles. The molecule has 1 aliphatic carbocycles. The second-order valence-electron chi connectivity index (χ2n) is 7.14. The van der Waals surface area contributed by atoms with Gasteiger partial charge in [-0.3, -0.25) is 4.79 Å². The van der Waals surface area contributed by atoms with E-state index in [4.69, 9.17) is 4.74 Å². The fourth-order valence-electron chi connectivity index (χ4n) is 3.37. The SMILES string of the molecule is COc1ccc(S(=O)(=O)N[C@@H]2CC[C@H](O)C2)cc1C(=O)Nc1ccc(F)c(C(F)F)c1. The number of carbonyl (C=O) groups is 1. The maximum Gasteiger partial charge on any atom is 0.266 e. The van der Waals surface area contributed by atoms with Crippen molar-refractivity contribution in [3.05, 3.63) is 53.3 Å². The number of carbonyl (C=O) groups excluding carboxylic acids is 1. The Bertz CT molecular complexity index is 1080. The van der Waals surface area contributed by atoms with Crippen molar-refractivity contribution in [1.82, 2.24) is 4.72 Å². The molecule has 11 heteroatoms. The number of sulfonamides is 1. The fourth-order valence-corrected chi connectivity index (χ4v) is 4.68. The lowest BCUT2D eigenvalue weighted by Gasteiger charge is -2.15. The Morgan fingerprint density at radius 1 is 1.19 bits per heavy atom. The van der Waals surface area contributed by atoms with Gasteiger partial charge in [-0.1, -0.05) is 0 Å². The van der Waals surface area contributed by atoms with Gasteiger partial charge in [-0.15, -0.1) is 0 Å². The van der Waals surface area contributed by atoms with Gasteiger partial charge in [-0.05, 0) is 55.7 Å². The average molecular weight is 458 g/mol. The summed E-state index contributed by atoms with van der Waals surface area (Å²) in [6, 6.07) is 5.94. The van der Waals surface area contributed by atoms with E-state index in [2.05, 4.69) is 10.0 Å². The molecule has 7 nitrogen and oxygen atoms in total. The molecule has 1 amide bonds. The van der Waals surface area contributed by atoms with E-state index in [-0.39, 0.29) is 21.9 Å². The molecule has 0 radical (unpaired) electrons. The molecular weight excluding hydrogens is 437 g/mol. The summed E-state index contributed by atoms with van der Waals surface area (Å²) in [6.07, 6.45) is -2.37. The van der Waals surface area contributed by atoms with Crippen molar-refractivity contribution in [2.75, 3.05) is 12.4 Å². The van der Waals surface area contributed by atoms with Crippen LogP contribution in [-0.2, 0) is 10.0 Å². The molecule has 1 aliphatic rings. The minimum atomic E-state index is -3.99. The highest BCUT2D eigenvalue weighted by molar-refractivity contribution is 7.89. The van der Waals surface area contributed by atoms with Crippen LogP contribution in [0, 0.1) is 5.82 Å². The summed E-state index contributed by atoms with van der Waals surface area (Å²) in [5.74, 6) is -1.87. The van der Waals surface area contributed by atoms with E-state index in [1.165, 1.54) is 19.2 Å². The predicted molar refractivity (Wildman–Crippen MR) is 106 cm³/mol. The summed E-state index contributed by atoms with van der Waals surface area (Å²) in [6.45, 7) is 0. The molecule has 3 N–H and O–H groups in total. The van der Waals surface area contributed by atoms with E-state index in [1.54, 1.807) is 0 Å². The van der Waals surface area contributed by atoms with Gasteiger partial charge in [-0.25, -0.2) is 26.3 Å². The predicted octanol–water partition coefficient (Wildman–Crippen LogP) is 3.22. The highest BCUT2D eigenvalue weighted by Crippen LogP contribution is 2.28. The number of nitrogens with one attached hydrogen (secondary N) is 2. The largest absolute Gasteiger partial charge is 0.496 e. The van der Waals surface area contributed by atoms with Gasteiger partial charge in [0, 0.05) is 11.7 Å². The third-order valence-corrected chi connectivity index (χ3v) is 6.46. The van der Waals surface area contributed by atoms with Crippen LogP contribution in [0.1, 0.15) is 41.6 Å². The van der Waals surface area contributed by atoms with Crippen LogP contribution >= 0.6 is 0 Å². The summed E-state index contributed by atoms with van der Waals surface area (Å²) in [5.41, 5.74) is -1.11. The quantitative estimate of drug-likeness (QED) is 0.591. The van der Waals surface area contributed by atoms with Gasteiger partial charge in [0.05, 0.1) is 29.2 Å². The van der Waals surface area contributed by atoms with Gasteiger partial charge >= 0.3 is 0 Å². The number of aliphatic hydroxyl groups is 1. The minimum absolute atomic E-state index is 0.0592. The number of ether oxygens (including phenoxy) is 1. The standard InChI is InChI=1S/C20H21F3N2O5S/c1-30-18-7-5-14(31(28,29)25-12-2-4-13(26)8-12)10-16(18)20(27)24-11-3-6-17(21)15(9-11)19(22)23/h3,5-7,9-10,12-13,19,25-26H,2,4,8H2,1H3,(H,24,27)/t12-,13+/m1/s1. The number of benzene rings is 2. The Hall–Kier alpha value is -2.63. The lowest BCUT2D eigenvalue weighted by Crippen LogP contribution is -2.33. The van der Waals surface area contributed by atoms with Crippen LogP contribution in [0.3, 0.4) is 0 Å². The zero-order valence-corrected chi connectivity index (χ0v) is 17.3. The Labute approximate surface area is 177 Å². The number of halogens is 3. The van der Waals surface area contributed by atoms with Crippen molar-refractivity contribution >= 4 is 21.6 Å². The molecule has 168 valence electrons. The van der Waals surface area contributed by atoms with E-state index in [1.807, 2.05) is 0 Å². The van der Waals surface area contributed by atoms with Crippen LogP contribution in [0.25, 0.3) is 0 Å². The Morgan fingerprint density at radius 2 is 1.94 bits per heavy atom. The fraction of sp³-hybridized carbons (Fsp3) is 0.350. The first-order valence-corrected chi connectivity index (χ1v) is 10.9. The van der Waals surface area contributed by atoms with E-state index in [0.717, 1.165) is 24.3 Å². The van der Waals surface area contributed by atoms with E-state index in [0.29, 0.717) is 19.3 Å². The summed E-state index contributed by atoms with van der Waals surface area (Å²) < 4.78 is 72.3. The van der Waals surface area contributed by atoms with Crippen molar-refractivity contribution in [3.63, 3.8) is 0 Å². The van der Waals surface area contributed by atoms with Gasteiger partial charge in [0.25, 0.3) is 12.3 Å². The number of aliphatic hydroxyl groups excluding tert-OH is 1. The first-order chi connectivity index (χ1) is 14.6. The van der Waals surface area contributed by atoms with Gasteiger partial charge in [0.1, 0.15) is 11.6 Å². The smallest absolute Gasteiger partial charge is 0.266 e. The number of hydrogen-bond acceptors (Lipinski definition) is 5. The van der Waals surface area contributed by atoms with Crippen molar-refractivity contribution in [2.24, 2.45) is 0 Å². The highest BCUT2D eigenvalue weighted by Gasteiger charge is 2.28. The molecule has 0 spiro atoms. The molecule has 1 saturated carbocycles. The summed E-state index contributed by atoms with van der Waals surface area (Å²) in [4.78, 5) is 12.5.